The summed E-state index contributed by atoms with van der Waals surface area (Å²) in [6.45, 7) is 8.62. The first kappa shape index (κ1) is 13.9. The largest absolute Gasteiger partial charge is 0.392 e. The Hall–Kier alpha value is -0.120. The van der Waals surface area contributed by atoms with Gasteiger partial charge >= 0.3 is 0 Å². The Kier molecular flexibility index (Phi) is 9.35. The molecule has 0 aliphatic rings. The lowest BCUT2D eigenvalue weighted by molar-refractivity contribution is 0.0758. The Morgan fingerprint density at radius 1 is 1.29 bits per heavy atom. The van der Waals surface area contributed by atoms with Crippen LogP contribution in [0.15, 0.2) is 0 Å². The molecule has 0 saturated heterocycles. The molecule has 0 aliphatic carbocycles. The van der Waals surface area contributed by atoms with Gasteiger partial charge in [0.25, 0.3) is 0 Å². The molecule has 0 bridgehead atoms. The summed E-state index contributed by atoms with van der Waals surface area (Å²) in [6.07, 6.45) is 3.17. The number of unbranched alkanes of at least 4 members (excludes halogenated alkanes) is 1. The van der Waals surface area contributed by atoms with E-state index >= 15 is 0 Å². The highest BCUT2D eigenvalue weighted by molar-refractivity contribution is 4.56. The van der Waals surface area contributed by atoms with E-state index in [1.54, 1.807) is 0 Å². The van der Waals surface area contributed by atoms with Crippen LogP contribution in [0.4, 0.5) is 0 Å². The van der Waals surface area contributed by atoms with Crippen molar-refractivity contribution >= 4 is 0 Å². The average molecular weight is 203 g/mol. The predicted molar refractivity (Wildman–Crippen MR) is 59.5 cm³/mol. The molecular formula is C11H25NO2. The normalized spacial score (nSPS) is 13.5. The second kappa shape index (κ2) is 9.44. The Morgan fingerprint density at radius 3 is 2.57 bits per heavy atom. The first-order valence-electron chi connectivity index (χ1n) is 5.67. The van der Waals surface area contributed by atoms with Gasteiger partial charge in [0.2, 0.25) is 0 Å². The smallest absolute Gasteiger partial charge is 0.0662 e. The van der Waals surface area contributed by atoms with Crippen molar-refractivity contribution in [3.8, 4) is 0 Å². The van der Waals surface area contributed by atoms with Gasteiger partial charge in [-0.3, -0.25) is 0 Å². The van der Waals surface area contributed by atoms with Gasteiger partial charge in [0, 0.05) is 13.2 Å². The zero-order valence-corrected chi connectivity index (χ0v) is 9.75. The minimum Gasteiger partial charge on any atom is -0.392 e. The molecule has 0 fully saturated rings. The van der Waals surface area contributed by atoms with Crippen LogP contribution in [0.3, 0.4) is 0 Å². The van der Waals surface area contributed by atoms with Crippen LogP contribution in [-0.4, -0.2) is 37.0 Å². The fourth-order valence-corrected chi connectivity index (χ4v) is 1.08. The maximum atomic E-state index is 9.25. The number of nitrogens with one attached hydrogen (secondary N) is 1. The van der Waals surface area contributed by atoms with Crippen molar-refractivity contribution in [2.45, 2.75) is 52.2 Å². The summed E-state index contributed by atoms with van der Waals surface area (Å²) >= 11 is 0. The molecule has 0 rings (SSSR count). The fourth-order valence-electron chi connectivity index (χ4n) is 1.08. The van der Waals surface area contributed by atoms with Crippen LogP contribution in [0, 0.1) is 0 Å². The van der Waals surface area contributed by atoms with E-state index in [1.807, 2.05) is 6.92 Å². The van der Waals surface area contributed by atoms with Gasteiger partial charge < -0.3 is 15.2 Å². The van der Waals surface area contributed by atoms with Crippen LogP contribution in [0.5, 0.6) is 0 Å². The minimum atomic E-state index is -0.193. The first-order chi connectivity index (χ1) is 6.66. The fraction of sp³-hybridized carbons (Fsp3) is 1.00. The van der Waals surface area contributed by atoms with Crippen LogP contribution in [0.2, 0.25) is 0 Å². The molecule has 2 N–H and O–H groups in total. The standard InChI is InChI=1S/C11H25NO2/c1-4-11(13)9-12-7-5-6-8-14-10(2)3/h10-13H,4-9H2,1-3H3. The number of ether oxygens (including phenoxy) is 1. The molecule has 0 aromatic carbocycles. The van der Waals surface area contributed by atoms with Crippen LogP contribution in [0.25, 0.3) is 0 Å². The lowest BCUT2D eigenvalue weighted by Crippen LogP contribution is -2.27. The lowest BCUT2D eigenvalue weighted by Gasteiger charge is -2.10. The Balaban J connectivity index is 2.99. The Labute approximate surface area is 87.8 Å². The van der Waals surface area contributed by atoms with Crippen molar-refractivity contribution < 1.29 is 9.84 Å². The zero-order chi connectivity index (χ0) is 10.8. The third kappa shape index (κ3) is 9.96. The van der Waals surface area contributed by atoms with Crippen molar-refractivity contribution in [3.63, 3.8) is 0 Å². The third-order valence-electron chi connectivity index (χ3n) is 2.05. The molecule has 0 saturated carbocycles. The van der Waals surface area contributed by atoms with E-state index in [9.17, 15) is 5.11 Å². The second-order valence-corrected chi connectivity index (χ2v) is 3.89. The summed E-state index contributed by atoms with van der Waals surface area (Å²) in [5.74, 6) is 0. The molecule has 0 radical (unpaired) electrons. The van der Waals surface area contributed by atoms with E-state index in [-0.39, 0.29) is 6.10 Å². The van der Waals surface area contributed by atoms with E-state index in [0.29, 0.717) is 12.6 Å². The highest BCUT2D eigenvalue weighted by Gasteiger charge is 1.98. The molecule has 3 nitrogen and oxygen atoms in total. The van der Waals surface area contributed by atoms with Gasteiger partial charge in [-0.15, -0.1) is 0 Å². The molecule has 0 spiro atoms. The molecule has 1 unspecified atom stereocenters. The van der Waals surface area contributed by atoms with E-state index in [4.69, 9.17) is 4.74 Å². The van der Waals surface area contributed by atoms with Crippen molar-refractivity contribution in [3.05, 3.63) is 0 Å². The van der Waals surface area contributed by atoms with Crippen molar-refractivity contribution in [2.24, 2.45) is 0 Å². The predicted octanol–water partition coefficient (Wildman–Crippen LogP) is 1.55. The maximum Gasteiger partial charge on any atom is 0.0662 e. The van der Waals surface area contributed by atoms with Gasteiger partial charge in [0.15, 0.2) is 0 Å². The molecule has 1 atom stereocenters. The summed E-state index contributed by atoms with van der Waals surface area (Å²) in [6, 6.07) is 0. The van der Waals surface area contributed by atoms with Crippen LogP contribution >= 0.6 is 0 Å². The lowest BCUT2D eigenvalue weighted by atomic mass is 10.2. The van der Waals surface area contributed by atoms with Gasteiger partial charge in [0.1, 0.15) is 0 Å². The molecule has 0 heterocycles. The SMILES string of the molecule is CCC(O)CNCCCCOC(C)C. The molecule has 0 aromatic heterocycles. The van der Waals surface area contributed by atoms with Gasteiger partial charge in [0.05, 0.1) is 12.2 Å². The number of aliphatic hydroxyl groups is 1. The zero-order valence-electron chi connectivity index (χ0n) is 9.75. The van der Waals surface area contributed by atoms with Crippen LogP contribution < -0.4 is 5.32 Å². The molecule has 14 heavy (non-hydrogen) atoms. The summed E-state index contributed by atoms with van der Waals surface area (Å²) in [5, 5.41) is 12.5. The molecule has 0 aliphatic heterocycles. The topological polar surface area (TPSA) is 41.5 Å². The Morgan fingerprint density at radius 2 is 2.00 bits per heavy atom. The summed E-state index contributed by atoms with van der Waals surface area (Å²) in [4.78, 5) is 0. The second-order valence-electron chi connectivity index (χ2n) is 3.89. The van der Waals surface area contributed by atoms with Gasteiger partial charge in [-0.25, -0.2) is 0 Å². The van der Waals surface area contributed by atoms with Crippen molar-refractivity contribution in [1.29, 1.82) is 0 Å². The van der Waals surface area contributed by atoms with Crippen molar-refractivity contribution in [1.82, 2.24) is 5.32 Å². The monoisotopic (exact) mass is 203 g/mol. The molecule has 86 valence electrons. The number of aliphatic hydroxyl groups excluding tert-OH is 1. The summed E-state index contributed by atoms with van der Waals surface area (Å²) < 4.78 is 5.41. The van der Waals surface area contributed by atoms with Gasteiger partial charge in [-0.1, -0.05) is 6.92 Å². The molecule has 0 aromatic rings. The van der Waals surface area contributed by atoms with E-state index in [2.05, 4.69) is 19.2 Å². The van der Waals surface area contributed by atoms with Gasteiger partial charge in [-0.05, 0) is 39.7 Å². The van der Waals surface area contributed by atoms with Crippen LogP contribution in [0.1, 0.15) is 40.0 Å². The minimum absolute atomic E-state index is 0.193. The highest BCUT2D eigenvalue weighted by Crippen LogP contribution is 1.93. The summed E-state index contributed by atoms with van der Waals surface area (Å²) in [7, 11) is 0. The third-order valence-corrected chi connectivity index (χ3v) is 2.05. The van der Waals surface area contributed by atoms with Crippen molar-refractivity contribution in [2.75, 3.05) is 19.7 Å². The molecule has 3 heteroatoms. The average Bonchev–Trinajstić information content (AvgIpc) is 2.15. The maximum absolute atomic E-state index is 9.25. The number of hydrogen-bond acceptors (Lipinski definition) is 3. The first-order valence-corrected chi connectivity index (χ1v) is 5.67. The summed E-state index contributed by atoms with van der Waals surface area (Å²) in [5.41, 5.74) is 0. The number of rotatable bonds is 9. The number of hydrogen-bond donors (Lipinski definition) is 2. The van der Waals surface area contributed by atoms with Crippen LogP contribution in [-0.2, 0) is 4.74 Å². The van der Waals surface area contributed by atoms with E-state index in [0.717, 1.165) is 32.4 Å². The van der Waals surface area contributed by atoms with E-state index < -0.39 is 0 Å². The molecule has 0 amide bonds. The van der Waals surface area contributed by atoms with Gasteiger partial charge in [-0.2, -0.15) is 0 Å². The highest BCUT2D eigenvalue weighted by atomic mass is 16.5. The van der Waals surface area contributed by atoms with E-state index in [1.165, 1.54) is 0 Å². The molecular weight excluding hydrogens is 178 g/mol. The quantitative estimate of drug-likeness (QED) is 0.559. The Bertz CT molecular complexity index is 118.